The molecular formula is C8H16. The molecule has 0 fully saturated rings. The van der Waals surface area contributed by atoms with Gasteiger partial charge in [-0.05, 0) is 13.8 Å². The molecule has 0 aromatic rings. The number of rotatable bonds is 0. The van der Waals surface area contributed by atoms with Gasteiger partial charge in [0.25, 0.3) is 0 Å². The summed E-state index contributed by atoms with van der Waals surface area (Å²) >= 11 is 0. The van der Waals surface area contributed by atoms with Crippen LogP contribution in [0.5, 0.6) is 0 Å². The lowest BCUT2D eigenvalue weighted by molar-refractivity contribution is 1.64. The topological polar surface area (TPSA) is 0 Å². The predicted octanol–water partition coefficient (Wildman–Crippen LogP) is 3.19. The van der Waals surface area contributed by atoms with Crippen molar-refractivity contribution in [3.05, 3.63) is 38.5 Å². The normalized spacial score (nSPS) is 5.75. The SMILES string of the molecule is C/C=C\C.C=C.C=C. The molecule has 8 heavy (non-hydrogen) atoms. The van der Waals surface area contributed by atoms with Crippen LogP contribution in [0.1, 0.15) is 13.8 Å². The third-order valence-corrected chi connectivity index (χ3v) is 0.333. The largest absolute Gasteiger partial charge is 0.106 e. The quantitative estimate of drug-likeness (QED) is 0.422. The highest BCUT2D eigenvalue weighted by Crippen LogP contribution is 1.57. The molecule has 0 radical (unpaired) electrons. The van der Waals surface area contributed by atoms with E-state index in [-0.39, 0.29) is 0 Å². The standard InChI is InChI=1S/C4H8.2C2H4/c1-3-4-2;2*1-2/h3-4H,1-2H3;2*1-2H2/b4-3-;;. The second-order valence-electron chi connectivity index (χ2n) is 0.667. The van der Waals surface area contributed by atoms with Crippen molar-refractivity contribution in [3.63, 3.8) is 0 Å². The van der Waals surface area contributed by atoms with E-state index in [0.29, 0.717) is 0 Å². The van der Waals surface area contributed by atoms with Crippen LogP contribution in [0.4, 0.5) is 0 Å². The highest BCUT2D eigenvalue weighted by atomic mass is 13.4. The second-order valence-corrected chi connectivity index (χ2v) is 0.667. The molecule has 0 aliphatic heterocycles. The van der Waals surface area contributed by atoms with Gasteiger partial charge in [-0.1, -0.05) is 12.2 Å². The maximum Gasteiger partial charge on any atom is -0.0470 e. The second kappa shape index (κ2) is 114. The summed E-state index contributed by atoms with van der Waals surface area (Å²) in [6.45, 7) is 16.0. The molecule has 0 nitrogen and oxygen atoms in total. The predicted molar refractivity (Wildman–Crippen MR) is 43.0 cm³/mol. The molecular weight excluding hydrogens is 96.1 g/mol. The third-order valence-electron chi connectivity index (χ3n) is 0.333. The Kier molecular flexibility index (Phi) is 223. The van der Waals surface area contributed by atoms with Crippen LogP contribution >= 0.6 is 0 Å². The van der Waals surface area contributed by atoms with Crippen molar-refractivity contribution in [2.24, 2.45) is 0 Å². The minimum atomic E-state index is 2.00. The molecule has 0 rings (SSSR count). The maximum absolute atomic E-state index is 3.00. The molecule has 0 heterocycles. The summed E-state index contributed by atoms with van der Waals surface area (Å²) in [7, 11) is 0. The van der Waals surface area contributed by atoms with E-state index in [9.17, 15) is 0 Å². The van der Waals surface area contributed by atoms with Crippen LogP contribution in [0.25, 0.3) is 0 Å². The first-order chi connectivity index (χ1) is 3.91. The number of allylic oxidation sites excluding steroid dienone is 2. The zero-order valence-electron chi connectivity index (χ0n) is 5.98. The molecule has 0 aliphatic rings. The molecule has 0 saturated heterocycles. The first-order valence-electron chi connectivity index (χ1n) is 2.49. The zero-order chi connectivity index (χ0) is 7.41. The van der Waals surface area contributed by atoms with E-state index in [1.807, 2.05) is 26.0 Å². The Morgan fingerprint density at radius 2 is 0.875 bits per heavy atom. The van der Waals surface area contributed by atoms with Crippen LogP contribution in [0.2, 0.25) is 0 Å². The fourth-order valence-electron chi connectivity index (χ4n) is 0. The Morgan fingerprint density at radius 3 is 0.875 bits per heavy atom. The van der Waals surface area contributed by atoms with E-state index in [2.05, 4.69) is 26.3 Å². The molecule has 0 atom stereocenters. The van der Waals surface area contributed by atoms with Crippen LogP contribution in [0, 0.1) is 0 Å². The van der Waals surface area contributed by atoms with E-state index in [1.165, 1.54) is 0 Å². The zero-order valence-corrected chi connectivity index (χ0v) is 5.98. The molecule has 0 aromatic heterocycles. The Labute approximate surface area is 53.2 Å². The summed E-state index contributed by atoms with van der Waals surface area (Å²) < 4.78 is 0. The van der Waals surface area contributed by atoms with Gasteiger partial charge in [0.1, 0.15) is 0 Å². The van der Waals surface area contributed by atoms with Crippen LogP contribution < -0.4 is 0 Å². The highest BCUT2D eigenvalue weighted by Gasteiger charge is 1.34. The lowest BCUT2D eigenvalue weighted by Crippen LogP contribution is -1.26. The average molecular weight is 112 g/mol. The van der Waals surface area contributed by atoms with Crippen LogP contribution in [-0.2, 0) is 0 Å². The van der Waals surface area contributed by atoms with Gasteiger partial charge in [-0.2, -0.15) is 0 Å². The monoisotopic (exact) mass is 112 g/mol. The van der Waals surface area contributed by atoms with Crippen LogP contribution in [0.15, 0.2) is 38.5 Å². The Bertz CT molecular complexity index is 29.3. The van der Waals surface area contributed by atoms with Crippen molar-refractivity contribution in [2.75, 3.05) is 0 Å². The molecule has 0 amide bonds. The van der Waals surface area contributed by atoms with Crippen LogP contribution in [-0.4, -0.2) is 0 Å². The number of hydrogen-bond donors (Lipinski definition) is 0. The first-order valence-corrected chi connectivity index (χ1v) is 2.49. The molecule has 0 bridgehead atoms. The van der Waals surface area contributed by atoms with Crippen molar-refractivity contribution in [1.29, 1.82) is 0 Å². The van der Waals surface area contributed by atoms with Gasteiger partial charge in [-0.15, -0.1) is 26.3 Å². The van der Waals surface area contributed by atoms with Gasteiger partial charge in [0.15, 0.2) is 0 Å². The summed E-state index contributed by atoms with van der Waals surface area (Å²) in [5.41, 5.74) is 0. The number of hydrogen-bond acceptors (Lipinski definition) is 0. The Balaban J connectivity index is -0.0000000542. The van der Waals surface area contributed by atoms with Crippen LogP contribution in [0.3, 0.4) is 0 Å². The lowest BCUT2D eigenvalue weighted by Gasteiger charge is -1.49. The molecule has 48 valence electrons. The van der Waals surface area contributed by atoms with Crippen molar-refractivity contribution in [2.45, 2.75) is 13.8 Å². The fraction of sp³-hybridized carbons (Fsp3) is 0.250. The fourth-order valence-corrected chi connectivity index (χ4v) is 0. The summed E-state index contributed by atoms with van der Waals surface area (Å²) in [6.07, 6.45) is 4.00. The average Bonchev–Trinajstić information content (AvgIpc) is 1.96. The van der Waals surface area contributed by atoms with Gasteiger partial charge >= 0.3 is 0 Å². The summed E-state index contributed by atoms with van der Waals surface area (Å²) in [4.78, 5) is 0. The lowest BCUT2D eigenvalue weighted by atomic mass is 10.6. The first kappa shape index (κ1) is 15.7. The minimum absolute atomic E-state index is 2.00. The maximum atomic E-state index is 3.00. The Hall–Kier alpha value is -0.780. The van der Waals surface area contributed by atoms with E-state index in [1.54, 1.807) is 0 Å². The molecule has 0 N–H and O–H groups in total. The third kappa shape index (κ3) is 1920. The highest BCUT2D eigenvalue weighted by molar-refractivity contribution is 4.68. The van der Waals surface area contributed by atoms with Crippen molar-refractivity contribution >= 4 is 0 Å². The van der Waals surface area contributed by atoms with E-state index < -0.39 is 0 Å². The summed E-state index contributed by atoms with van der Waals surface area (Å²) in [6, 6.07) is 0. The van der Waals surface area contributed by atoms with Crippen molar-refractivity contribution < 1.29 is 0 Å². The smallest absolute Gasteiger partial charge is 0.0470 e. The molecule has 0 saturated carbocycles. The van der Waals surface area contributed by atoms with E-state index >= 15 is 0 Å². The minimum Gasteiger partial charge on any atom is -0.106 e. The summed E-state index contributed by atoms with van der Waals surface area (Å²) in [5, 5.41) is 0. The molecule has 0 spiro atoms. The molecule has 0 aromatic carbocycles. The Morgan fingerprint density at radius 1 is 0.750 bits per heavy atom. The van der Waals surface area contributed by atoms with Gasteiger partial charge in [-0.3, -0.25) is 0 Å². The van der Waals surface area contributed by atoms with Gasteiger partial charge in [0, 0.05) is 0 Å². The molecule has 0 unspecified atom stereocenters. The van der Waals surface area contributed by atoms with Crippen molar-refractivity contribution in [3.8, 4) is 0 Å². The van der Waals surface area contributed by atoms with E-state index in [0.717, 1.165) is 0 Å². The van der Waals surface area contributed by atoms with Gasteiger partial charge < -0.3 is 0 Å². The summed E-state index contributed by atoms with van der Waals surface area (Å²) in [5.74, 6) is 0. The van der Waals surface area contributed by atoms with Crippen molar-refractivity contribution in [1.82, 2.24) is 0 Å². The molecule has 0 aliphatic carbocycles. The van der Waals surface area contributed by atoms with Gasteiger partial charge in [0.2, 0.25) is 0 Å². The van der Waals surface area contributed by atoms with Gasteiger partial charge in [0.05, 0.1) is 0 Å². The molecule has 0 heteroatoms. The van der Waals surface area contributed by atoms with Gasteiger partial charge in [-0.25, -0.2) is 0 Å². The van der Waals surface area contributed by atoms with E-state index in [4.69, 9.17) is 0 Å².